The van der Waals surface area contributed by atoms with Crippen LogP contribution in [0.2, 0.25) is 0 Å². The standard InChI is InChI=1S/C67H76Cl2O24/c1-46-17-19-51(20-18-46)33-83-56(74)67(6,44-92-61(79)90-42-65(4,57(75)84-34-52-25-21-47(29-68)22-26-52)40-88-59(77)86-38-63(2,36-70)54(72)81-31-49-13-9-7-10-14-49)45-93-62(80)91-43-66(5,58(76)85-35-53-27-23-48(30-69)24-28-53)41-89-60(78)87-39-64(3,37-71)55(73)82-32-50-15-11-8-12-16-50/h7-28,70-71H,29-45H2,1-6H3. The Morgan fingerprint density at radius 2 is 0.484 bits per heavy atom. The Balaban J connectivity index is 1.27. The van der Waals surface area contributed by atoms with Crippen molar-refractivity contribution < 1.29 is 115 Å². The molecule has 0 saturated carbocycles. The first kappa shape index (κ1) is 74.8. The number of esters is 5. The molecular formula is C67H76Cl2O24. The average Bonchev–Trinajstić information content (AvgIpc) is 1.07. The summed E-state index contributed by atoms with van der Waals surface area (Å²) in [6, 6.07) is 37.8. The highest BCUT2D eigenvalue weighted by atomic mass is 35.5. The van der Waals surface area contributed by atoms with Gasteiger partial charge in [0.15, 0.2) is 0 Å². The molecule has 26 heteroatoms. The van der Waals surface area contributed by atoms with Crippen LogP contribution in [-0.4, -0.2) is 131 Å². The number of ether oxygens (including phenoxy) is 13. The van der Waals surface area contributed by atoms with Gasteiger partial charge in [-0.05, 0) is 80.5 Å². The molecule has 0 fully saturated rings. The second-order valence-corrected chi connectivity index (χ2v) is 23.7. The number of hydrogen-bond donors (Lipinski definition) is 2. The van der Waals surface area contributed by atoms with E-state index in [1.54, 1.807) is 133 Å². The Hall–Kier alpha value is -8.97. The number of hydrogen-bond acceptors (Lipinski definition) is 24. The third-order valence-corrected chi connectivity index (χ3v) is 14.9. The summed E-state index contributed by atoms with van der Waals surface area (Å²) in [4.78, 5) is 121. The molecule has 0 spiro atoms. The molecular weight excluding hydrogens is 1260 g/mol. The van der Waals surface area contributed by atoms with Gasteiger partial charge in [-0.25, -0.2) is 19.2 Å². The number of halogens is 2. The summed E-state index contributed by atoms with van der Waals surface area (Å²) in [5.41, 5.74) is -4.12. The average molecular weight is 1340 g/mol. The summed E-state index contributed by atoms with van der Waals surface area (Å²) in [5, 5.41) is 20.3. The molecule has 93 heavy (non-hydrogen) atoms. The predicted molar refractivity (Wildman–Crippen MR) is 329 cm³/mol. The highest BCUT2D eigenvalue weighted by Gasteiger charge is 2.44. The van der Waals surface area contributed by atoms with Gasteiger partial charge in [-0.1, -0.05) is 139 Å². The van der Waals surface area contributed by atoms with Crippen molar-refractivity contribution in [3.05, 3.63) is 178 Å². The van der Waals surface area contributed by atoms with Crippen LogP contribution in [0.5, 0.6) is 0 Å². The summed E-state index contributed by atoms with van der Waals surface area (Å²) < 4.78 is 69.8. The van der Waals surface area contributed by atoms with Crippen molar-refractivity contribution >= 4 is 77.7 Å². The SMILES string of the molecule is Cc1ccc(COC(=O)C(C)(COC(=O)OCC(C)(COC(=O)OCC(C)(CO)C(=O)OCc2ccccc2)C(=O)OCc2ccc(CCl)cc2)COC(=O)OCC(C)(COC(=O)OCC(C)(CO)C(=O)OCc2ccccc2)C(=O)OCc2ccc(CCl)cc2)cc1. The highest BCUT2D eigenvalue weighted by molar-refractivity contribution is 6.17. The van der Waals surface area contributed by atoms with Crippen LogP contribution in [0.25, 0.3) is 0 Å². The molecule has 5 aromatic carbocycles. The van der Waals surface area contributed by atoms with E-state index in [-0.39, 0.29) is 44.8 Å². The molecule has 0 bridgehead atoms. The fourth-order valence-corrected chi connectivity index (χ4v) is 7.98. The zero-order chi connectivity index (χ0) is 68.1. The lowest BCUT2D eigenvalue weighted by molar-refractivity contribution is -0.165. The van der Waals surface area contributed by atoms with Crippen LogP contribution in [0, 0.1) is 34.0 Å². The maximum Gasteiger partial charge on any atom is 0.508 e. The molecule has 502 valence electrons. The monoisotopic (exact) mass is 1330 g/mol. The van der Waals surface area contributed by atoms with Gasteiger partial charge in [-0.2, -0.15) is 0 Å². The van der Waals surface area contributed by atoms with Crippen molar-refractivity contribution in [3.63, 3.8) is 0 Å². The van der Waals surface area contributed by atoms with Crippen molar-refractivity contribution in [2.45, 2.75) is 86.3 Å². The van der Waals surface area contributed by atoms with E-state index in [1.807, 2.05) is 6.92 Å². The van der Waals surface area contributed by atoms with Crippen LogP contribution >= 0.6 is 23.2 Å². The number of aliphatic hydroxyl groups excluding tert-OH is 2. The van der Waals surface area contributed by atoms with E-state index in [4.69, 9.17) is 84.8 Å². The zero-order valence-electron chi connectivity index (χ0n) is 52.4. The fourth-order valence-electron chi connectivity index (χ4n) is 7.63. The van der Waals surface area contributed by atoms with Crippen LogP contribution < -0.4 is 0 Å². The molecule has 2 N–H and O–H groups in total. The van der Waals surface area contributed by atoms with E-state index >= 15 is 0 Å². The Morgan fingerprint density at radius 3 is 0.710 bits per heavy atom. The number of carbonyl (C=O) groups is 9. The van der Waals surface area contributed by atoms with Gasteiger partial charge in [0, 0.05) is 11.8 Å². The minimum absolute atomic E-state index is 0.135. The van der Waals surface area contributed by atoms with Crippen molar-refractivity contribution in [2.24, 2.45) is 27.1 Å². The largest absolute Gasteiger partial charge is 0.508 e. The lowest BCUT2D eigenvalue weighted by Gasteiger charge is -2.29. The smallest absolute Gasteiger partial charge is 0.460 e. The van der Waals surface area contributed by atoms with E-state index in [2.05, 4.69) is 0 Å². The molecule has 5 aromatic rings. The number of carbonyl (C=O) groups excluding carboxylic acids is 9. The van der Waals surface area contributed by atoms with Gasteiger partial charge < -0.3 is 71.8 Å². The van der Waals surface area contributed by atoms with E-state index < -0.39 is 148 Å². The first-order chi connectivity index (χ1) is 44.3. The van der Waals surface area contributed by atoms with Crippen molar-refractivity contribution in [1.82, 2.24) is 0 Å². The Labute approximate surface area is 547 Å². The van der Waals surface area contributed by atoms with Crippen molar-refractivity contribution in [1.29, 1.82) is 0 Å². The van der Waals surface area contributed by atoms with E-state index in [1.165, 1.54) is 34.6 Å². The first-order valence-corrected chi connectivity index (χ1v) is 30.0. The molecule has 0 aromatic heterocycles. The molecule has 4 atom stereocenters. The van der Waals surface area contributed by atoms with Gasteiger partial charge in [0.25, 0.3) is 0 Å². The maximum atomic E-state index is 14.0. The van der Waals surface area contributed by atoms with Crippen LogP contribution in [0.15, 0.2) is 133 Å². The van der Waals surface area contributed by atoms with Crippen LogP contribution in [0.1, 0.15) is 79.1 Å². The third kappa shape index (κ3) is 24.2. The number of rotatable bonds is 35. The van der Waals surface area contributed by atoms with Crippen LogP contribution in [0.4, 0.5) is 19.2 Å². The van der Waals surface area contributed by atoms with Gasteiger partial charge in [0.05, 0.1) is 13.2 Å². The lowest BCUT2D eigenvalue weighted by Crippen LogP contribution is -2.43. The second-order valence-electron chi connectivity index (χ2n) is 23.2. The van der Waals surface area contributed by atoms with Crippen LogP contribution in [-0.2, 0) is 130 Å². The van der Waals surface area contributed by atoms with Gasteiger partial charge in [0.2, 0.25) is 0 Å². The predicted octanol–water partition coefficient (Wildman–Crippen LogP) is 10.1. The number of aryl methyl sites for hydroxylation is 1. The third-order valence-electron chi connectivity index (χ3n) is 14.2. The lowest BCUT2D eigenvalue weighted by atomic mass is 9.93. The molecule has 0 radical (unpaired) electrons. The maximum absolute atomic E-state index is 14.0. The molecule has 24 nitrogen and oxygen atoms in total. The van der Waals surface area contributed by atoms with E-state index in [9.17, 15) is 53.4 Å². The molecule has 0 aliphatic rings. The molecule has 0 heterocycles. The summed E-state index contributed by atoms with van der Waals surface area (Å²) >= 11 is 11.9. The zero-order valence-corrected chi connectivity index (χ0v) is 53.9. The van der Waals surface area contributed by atoms with Gasteiger partial charge >= 0.3 is 54.5 Å². The topological polar surface area (TPSA) is 314 Å². The highest BCUT2D eigenvalue weighted by Crippen LogP contribution is 2.28. The molecule has 0 saturated heterocycles. The Kier molecular flexibility index (Phi) is 29.2. The summed E-state index contributed by atoms with van der Waals surface area (Å²) in [6.07, 6.45) is -5.78. The van der Waals surface area contributed by atoms with E-state index in [0.29, 0.717) is 27.8 Å². The minimum atomic E-state index is -2.06. The Morgan fingerprint density at radius 1 is 0.290 bits per heavy atom. The summed E-state index contributed by atoms with van der Waals surface area (Å²) in [5.74, 6) is -4.49. The second kappa shape index (κ2) is 36.3. The van der Waals surface area contributed by atoms with Gasteiger partial charge in [-0.15, -0.1) is 23.2 Å². The molecule has 0 amide bonds. The quantitative estimate of drug-likeness (QED) is 0.0216. The molecule has 4 unspecified atom stereocenters. The number of aliphatic hydroxyl groups is 2. The van der Waals surface area contributed by atoms with Gasteiger partial charge in [-0.3, -0.25) is 24.0 Å². The van der Waals surface area contributed by atoms with Crippen LogP contribution in [0.3, 0.4) is 0 Å². The summed E-state index contributed by atoms with van der Waals surface area (Å²) in [7, 11) is 0. The fraction of sp³-hybridized carbons (Fsp3) is 0.418. The molecule has 5 rings (SSSR count). The molecule has 0 aliphatic carbocycles. The number of benzene rings is 5. The molecule has 0 aliphatic heterocycles. The summed E-state index contributed by atoms with van der Waals surface area (Å²) in [6.45, 7) is -1.42. The van der Waals surface area contributed by atoms with Crippen molar-refractivity contribution in [2.75, 3.05) is 66.1 Å². The normalized spacial score (nSPS) is 14.2. The van der Waals surface area contributed by atoms with E-state index in [0.717, 1.165) is 16.7 Å². The Bertz CT molecular complexity index is 3080. The minimum Gasteiger partial charge on any atom is -0.460 e. The number of alkyl halides is 2. The van der Waals surface area contributed by atoms with Gasteiger partial charge in [0.1, 0.15) is 113 Å². The first-order valence-electron chi connectivity index (χ1n) is 29.0. The van der Waals surface area contributed by atoms with Crippen molar-refractivity contribution in [3.8, 4) is 0 Å².